The highest BCUT2D eigenvalue weighted by atomic mass is 16.5. The smallest absolute Gasteiger partial charge is 0.161 e. The first-order chi connectivity index (χ1) is 8.21. The van der Waals surface area contributed by atoms with Crippen molar-refractivity contribution in [2.24, 2.45) is 5.92 Å². The van der Waals surface area contributed by atoms with E-state index >= 15 is 0 Å². The molecule has 94 valence electrons. The molecule has 0 bridgehead atoms. The Morgan fingerprint density at radius 3 is 2.59 bits per heavy atom. The summed E-state index contributed by atoms with van der Waals surface area (Å²) in [7, 11) is 0. The molecule has 1 rings (SSSR count). The van der Waals surface area contributed by atoms with Crippen LogP contribution in [0.15, 0.2) is 18.2 Å². The Morgan fingerprint density at radius 2 is 2.00 bits per heavy atom. The van der Waals surface area contributed by atoms with Crippen molar-refractivity contribution in [3.05, 3.63) is 23.8 Å². The molecular weight excluding hydrogens is 216 g/mol. The van der Waals surface area contributed by atoms with Gasteiger partial charge in [-0.15, -0.1) is 0 Å². The molecule has 0 radical (unpaired) electrons. The lowest BCUT2D eigenvalue weighted by atomic mass is 10.1. The van der Waals surface area contributed by atoms with Crippen molar-refractivity contribution in [3.63, 3.8) is 0 Å². The Bertz CT molecular complexity index is 360. The summed E-state index contributed by atoms with van der Waals surface area (Å²) in [5.74, 6) is 1.85. The van der Waals surface area contributed by atoms with Gasteiger partial charge in [-0.3, -0.25) is 4.79 Å². The first kappa shape index (κ1) is 13.6. The lowest BCUT2D eigenvalue weighted by Crippen LogP contribution is -2.08. The highest BCUT2D eigenvalue weighted by molar-refractivity contribution is 5.76. The molecule has 3 nitrogen and oxygen atoms in total. The van der Waals surface area contributed by atoms with E-state index in [1.165, 1.54) is 0 Å². The van der Waals surface area contributed by atoms with Crippen LogP contribution >= 0.6 is 0 Å². The average Bonchev–Trinajstić information content (AvgIpc) is 2.37. The maximum Gasteiger partial charge on any atom is 0.161 e. The zero-order chi connectivity index (χ0) is 12.7. The summed E-state index contributed by atoms with van der Waals surface area (Å²) in [6.07, 6.45) is 1.89. The van der Waals surface area contributed by atoms with Crippen molar-refractivity contribution in [2.45, 2.75) is 27.2 Å². The monoisotopic (exact) mass is 236 g/mol. The molecule has 0 heterocycles. The largest absolute Gasteiger partial charge is 0.490 e. The van der Waals surface area contributed by atoms with Gasteiger partial charge >= 0.3 is 0 Å². The van der Waals surface area contributed by atoms with Crippen LogP contribution in [0.5, 0.6) is 11.5 Å². The summed E-state index contributed by atoms with van der Waals surface area (Å²) in [6, 6.07) is 5.24. The summed E-state index contributed by atoms with van der Waals surface area (Å²) in [5.41, 5.74) is 0.601. The number of ether oxygens (including phenoxy) is 2. The molecule has 3 heteroatoms. The maximum atomic E-state index is 10.7. The molecule has 1 aromatic rings. The van der Waals surface area contributed by atoms with E-state index in [1.807, 2.05) is 6.92 Å². The fraction of sp³-hybridized carbons (Fsp3) is 0.500. The third-order valence-corrected chi connectivity index (χ3v) is 2.62. The Kier molecular flexibility index (Phi) is 5.53. The molecule has 0 saturated heterocycles. The average molecular weight is 236 g/mol. The molecule has 0 spiro atoms. The highest BCUT2D eigenvalue weighted by Gasteiger charge is 2.08. The molecule has 0 saturated carbocycles. The number of rotatable bonds is 7. The van der Waals surface area contributed by atoms with E-state index in [9.17, 15) is 4.79 Å². The summed E-state index contributed by atoms with van der Waals surface area (Å²) >= 11 is 0. The normalized spacial score (nSPS) is 11.9. The van der Waals surface area contributed by atoms with Crippen LogP contribution in [0.3, 0.4) is 0 Å². The van der Waals surface area contributed by atoms with E-state index in [1.54, 1.807) is 18.2 Å². The van der Waals surface area contributed by atoms with Gasteiger partial charge in [-0.1, -0.05) is 20.3 Å². The summed E-state index contributed by atoms with van der Waals surface area (Å²) < 4.78 is 11.2. The molecule has 1 atom stereocenters. The quantitative estimate of drug-likeness (QED) is 0.681. The standard InChI is InChI=1S/C14H20O3/c1-4-11(3)10-17-13-7-6-12(9-15)8-14(13)16-5-2/h6-9,11H,4-5,10H2,1-3H3. The second kappa shape index (κ2) is 6.94. The van der Waals surface area contributed by atoms with Crippen molar-refractivity contribution in [1.82, 2.24) is 0 Å². The molecule has 0 aliphatic rings. The Hall–Kier alpha value is -1.51. The van der Waals surface area contributed by atoms with Crippen LogP contribution in [-0.4, -0.2) is 19.5 Å². The third kappa shape index (κ3) is 4.10. The van der Waals surface area contributed by atoms with Gasteiger partial charge in [-0.25, -0.2) is 0 Å². The van der Waals surface area contributed by atoms with Gasteiger partial charge in [0.2, 0.25) is 0 Å². The van der Waals surface area contributed by atoms with Crippen LogP contribution in [-0.2, 0) is 0 Å². The lowest BCUT2D eigenvalue weighted by Gasteiger charge is -2.14. The summed E-state index contributed by atoms with van der Waals surface area (Å²) in [5, 5.41) is 0. The van der Waals surface area contributed by atoms with Gasteiger partial charge in [0.05, 0.1) is 13.2 Å². The molecular formula is C14H20O3. The van der Waals surface area contributed by atoms with E-state index in [4.69, 9.17) is 9.47 Å². The molecule has 0 fully saturated rings. The van der Waals surface area contributed by atoms with Gasteiger partial charge in [0.25, 0.3) is 0 Å². The fourth-order valence-corrected chi connectivity index (χ4v) is 1.34. The van der Waals surface area contributed by atoms with Gasteiger partial charge in [-0.05, 0) is 31.0 Å². The van der Waals surface area contributed by atoms with Crippen LogP contribution in [0.1, 0.15) is 37.6 Å². The van der Waals surface area contributed by atoms with Gasteiger partial charge in [0.1, 0.15) is 6.29 Å². The molecule has 0 aliphatic heterocycles. The number of carbonyl (C=O) groups excluding carboxylic acids is 1. The number of benzene rings is 1. The number of aldehydes is 1. The molecule has 1 aromatic carbocycles. The van der Waals surface area contributed by atoms with Gasteiger partial charge in [0.15, 0.2) is 11.5 Å². The lowest BCUT2D eigenvalue weighted by molar-refractivity contribution is 0.112. The first-order valence-electron chi connectivity index (χ1n) is 6.06. The second-order valence-electron chi connectivity index (χ2n) is 4.08. The van der Waals surface area contributed by atoms with E-state index < -0.39 is 0 Å². The van der Waals surface area contributed by atoms with Crippen molar-refractivity contribution in [1.29, 1.82) is 0 Å². The van der Waals surface area contributed by atoms with E-state index in [2.05, 4.69) is 13.8 Å². The topological polar surface area (TPSA) is 35.5 Å². The molecule has 0 aromatic heterocycles. The predicted octanol–water partition coefficient (Wildman–Crippen LogP) is 3.32. The molecule has 1 unspecified atom stereocenters. The Labute approximate surface area is 103 Å². The van der Waals surface area contributed by atoms with Crippen LogP contribution in [0.25, 0.3) is 0 Å². The van der Waals surface area contributed by atoms with Crippen LogP contribution in [0.2, 0.25) is 0 Å². The number of hydrogen-bond acceptors (Lipinski definition) is 3. The van der Waals surface area contributed by atoms with Crippen molar-refractivity contribution in [2.75, 3.05) is 13.2 Å². The van der Waals surface area contributed by atoms with Crippen LogP contribution in [0.4, 0.5) is 0 Å². The SMILES string of the molecule is CCOc1cc(C=O)ccc1OCC(C)CC. The fourth-order valence-electron chi connectivity index (χ4n) is 1.34. The first-order valence-corrected chi connectivity index (χ1v) is 6.06. The minimum absolute atomic E-state index is 0.509. The van der Waals surface area contributed by atoms with Gasteiger partial charge in [-0.2, -0.15) is 0 Å². The second-order valence-corrected chi connectivity index (χ2v) is 4.08. The number of carbonyl (C=O) groups is 1. The predicted molar refractivity (Wildman–Crippen MR) is 67.9 cm³/mol. The van der Waals surface area contributed by atoms with Crippen LogP contribution < -0.4 is 9.47 Å². The van der Waals surface area contributed by atoms with E-state index in [-0.39, 0.29) is 0 Å². The number of hydrogen-bond donors (Lipinski definition) is 0. The Balaban J connectivity index is 2.78. The third-order valence-electron chi connectivity index (χ3n) is 2.62. The van der Waals surface area contributed by atoms with Crippen molar-refractivity contribution >= 4 is 6.29 Å². The summed E-state index contributed by atoms with van der Waals surface area (Å²) in [6.45, 7) is 7.40. The minimum Gasteiger partial charge on any atom is -0.490 e. The highest BCUT2D eigenvalue weighted by Crippen LogP contribution is 2.28. The van der Waals surface area contributed by atoms with Crippen molar-refractivity contribution < 1.29 is 14.3 Å². The molecule has 0 amide bonds. The summed E-state index contributed by atoms with van der Waals surface area (Å²) in [4.78, 5) is 10.7. The zero-order valence-corrected chi connectivity index (χ0v) is 10.7. The molecule has 0 aliphatic carbocycles. The van der Waals surface area contributed by atoms with Crippen molar-refractivity contribution in [3.8, 4) is 11.5 Å². The maximum absolute atomic E-state index is 10.7. The zero-order valence-electron chi connectivity index (χ0n) is 10.7. The van der Waals surface area contributed by atoms with E-state index in [0.29, 0.717) is 36.2 Å². The Morgan fingerprint density at radius 1 is 1.24 bits per heavy atom. The minimum atomic E-state index is 0.509. The van der Waals surface area contributed by atoms with Gasteiger partial charge < -0.3 is 9.47 Å². The molecule has 17 heavy (non-hydrogen) atoms. The van der Waals surface area contributed by atoms with Gasteiger partial charge in [0, 0.05) is 5.56 Å². The van der Waals surface area contributed by atoms with E-state index in [0.717, 1.165) is 12.7 Å². The molecule has 0 N–H and O–H groups in total. The van der Waals surface area contributed by atoms with Crippen LogP contribution in [0, 0.1) is 5.92 Å².